The Bertz CT molecular complexity index is 672. The van der Waals surface area contributed by atoms with Crippen LogP contribution >= 0.6 is 0 Å². The fourth-order valence-electron chi connectivity index (χ4n) is 3.55. The number of carbonyl (C=O) groups is 2. The summed E-state index contributed by atoms with van der Waals surface area (Å²) >= 11 is 0. The fraction of sp³-hybridized carbons (Fsp3) is 0.562. The molecule has 7 nitrogen and oxygen atoms in total. The monoisotopic (exact) mass is 372 g/mol. The summed E-state index contributed by atoms with van der Waals surface area (Å²) in [7, 11) is 0. The van der Waals surface area contributed by atoms with E-state index in [4.69, 9.17) is 5.11 Å². The Hall–Kier alpha value is -2.52. The van der Waals surface area contributed by atoms with Crippen LogP contribution in [0.25, 0.3) is 0 Å². The van der Waals surface area contributed by atoms with Crippen molar-refractivity contribution in [1.82, 2.24) is 15.2 Å². The fourth-order valence-corrected chi connectivity index (χ4v) is 3.55. The standard InChI is InChI=1S/C16H19F3N4O3/c17-16(18,19)13-6-5-12(9-20-13)23-8-7-22(15(23)26)11-3-1-10(2-4-11)21-14(24)25/h5-6,9-11,21H,1-4,7-8H2,(H,24,25)/t10-,11-. The molecule has 1 aliphatic heterocycles. The lowest BCUT2D eigenvalue weighted by Gasteiger charge is -2.34. The van der Waals surface area contributed by atoms with Crippen molar-refractivity contribution in [2.45, 2.75) is 43.9 Å². The number of carboxylic acid groups (broad SMARTS) is 1. The summed E-state index contributed by atoms with van der Waals surface area (Å²) in [6.07, 6.45) is -1.80. The Morgan fingerprint density at radius 2 is 1.88 bits per heavy atom. The lowest BCUT2D eigenvalue weighted by atomic mass is 9.90. The third kappa shape index (κ3) is 3.83. The zero-order chi connectivity index (χ0) is 18.9. The molecule has 2 N–H and O–H groups in total. The maximum absolute atomic E-state index is 12.6. The van der Waals surface area contributed by atoms with E-state index in [0.717, 1.165) is 12.3 Å². The van der Waals surface area contributed by atoms with E-state index in [-0.39, 0.29) is 18.1 Å². The minimum atomic E-state index is -4.51. The van der Waals surface area contributed by atoms with Crippen molar-refractivity contribution < 1.29 is 27.9 Å². The molecule has 1 saturated carbocycles. The number of alkyl halides is 3. The van der Waals surface area contributed by atoms with Gasteiger partial charge in [-0.2, -0.15) is 13.2 Å². The van der Waals surface area contributed by atoms with Crippen molar-refractivity contribution in [3.05, 3.63) is 24.0 Å². The molecule has 3 rings (SSSR count). The smallest absolute Gasteiger partial charge is 0.433 e. The Balaban J connectivity index is 1.61. The van der Waals surface area contributed by atoms with E-state index in [0.29, 0.717) is 44.5 Å². The van der Waals surface area contributed by atoms with Crippen LogP contribution in [0.4, 0.5) is 28.4 Å². The van der Waals surface area contributed by atoms with Crippen LogP contribution in [0.15, 0.2) is 18.3 Å². The average Bonchev–Trinajstić information content (AvgIpc) is 2.96. The van der Waals surface area contributed by atoms with Crippen LogP contribution in [0, 0.1) is 0 Å². The Labute approximate surface area is 147 Å². The van der Waals surface area contributed by atoms with Gasteiger partial charge in [0.2, 0.25) is 0 Å². The van der Waals surface area contributed by atoms with E-state index in [1.807, 2.05) is 0 Å². The van der Waals surface area contributed by atoms with Crippen molar-refractivity contribution in [2.24, 2.45) is 0 Å². The highest BCUT2D eigenvalue weighted by atomic mass is 19.4. The number of halogens is 3. The van der Waals surface area contributed by atoms with Gasteiger partial charge in [-0.15, -0.1) is 0 Å². The number of carbonyl (C=O) groups excluding carboxylic acids is 1. The van der Waals surface area contributed by atoms with Crippen LogP contribution in [-0.2, 0) is 6.18 Å². The SMILES string of the molecule is O=C(O)N[C@H]1CC[C@H](N2CCN(c3ccc(C(F)(F)F)nc3)C2=O)CC1. The first-order valence-electron chi connectivity index (χ1n) is 8.36. The van der Waals surface area contributed by atoms with Crippen LogP contribution < -0.4 is 10.2 Å². The minimum Gasteiger partial charge on any atom is -0.465 e. The molecule has 2 aliphatic rings. The maximum atomic E-state index is 12.6. The largest absolute Gasteiger partial charge is 0.465 e. The molecule has 1 aliphatic carbocycles. The molecule has 2 fully saturated rings. The number of nitrogens with one attached hydrogen (secondary N) is 1. The van der Waals surface area contributed by atoms with Crippen LogP contribution in [0.5, 0.6) is 0 Å². The summed E-state index contributed by atoms with van der Waals surface area (Å²) in [5.41, 5.74) is -0.652. The number of urea groups is 1. The molecular formula is C16H19F3N4O3. The number of hydrogen-bond acceptors (Lipinski definition) is 3. The second kappa shape index (κ2) is 7.00. The van der Waals surface area contributed by atoms with Gasteiger partial charge in [0, 0.05) is 25.2 Å². The highest BCUT2D eigenvalue weighted by Crippen LogP contribution is 2.31. The number of nitrogens with zero attached hydrogens (tertiary/aromatic N) is 3. The van der Waals surface area contributed by atoms with E-state index in [9.17, 15) is 22.8 Å². The molecule has 0 spiro atoms. The van der Waals surface area contributed by atoms with E-state index in [2.05, 4.69) is 10.3 Å². The van der Waals surface area contributed by atoms with Crippen molar-refractivity contribution in [2.75, 3.05) is 18.0 Å². The van der Waals surface area contributed by atoms with Crippen LogP contribution in [0.1, 0.15) is 31.4 Å². The average molecular weight is 372 g/mol. The van der Waals surface area contributed by atoms with Gasteiger partial charge >= 0.3 is 18.3 Å². The second-order valence-electron chi connectivity index (χ2n) is 6.48. The molecule has 3 amide bonds. The lowest BCUT2D eigenvalue weighted by Crippen LogP contribution is -2.45. The highest BCUT2D eigenvalue weighted by Gasteiger charge is 2.37. The number of pyridine rings is 1. The summed E-state index contributed by atoms with van der Waals surface area (Å²) in [6, 6.07) is 1.79. The molecular weight excluding hydrogens is 353 g/mol. The number of aromatic nitrogens is 1. The first-order chi connectivity index (χ1) is 12.3. The van der Waals surface area contributed by atoms with E-state index >= 15 is 0 Å². The molecule has 10 heteroatoms. The third-order valence-electron chi connectivity index (χ3n) is 4.86. The minimum absolute atomic E-state index is 0.0155. The summed E-state index contributed by atoms with van der Waals surface area (Å²) < 4.78 is 37.8. The molecule has 1 saturated heterocycles. The molecule has 26 heavy (non-hydrogen) atoms. The van der Waals surface area contributed by atoms with Gasteiger partial charge in [0.1, 0.15) is 5.69 Å². The number of anilines is 1. The molecule has 2 heterocycles. The molecule has 0 atom stereocenters. The van der Waals surface area contributed by atoms with Gasteiger partial charge in [-0.25, -0.2) is 14.6 Å². The Kier molecular flexibility index (Phi) is 4.92. The van der Waals surface area contributed by atoms with Gasteiger partial charge in [0.25, 0.3) is 0 Å². The van der Waals surface area contributed by atoms with Gasteiger partial charge in [-0.3, -0.25) is 4.90 Å². The van der Waals surface area contributed by atoms with Gasteiger partial charge in [-0.05, 0) is 37.8 Å². The molecule has 1 aromatic rings. The Morgan fingerprint density at radius 1 is 1.19 bits per heavy atom. The van der Waals surface area contributed by atoms with Crippen molar-refractivity contribution >= 4 is 17.8 Å². The van der Waals surface area contributed by atoms with Gasteiger partial charge < -0.3 is 15.3 Å². The van der Waals surface area contributed by atoms with Gasteiger partial charge in [0.15, 0.2) is 0 Å². The molecule has 0 radical (unpaired) electrons. The summed E-state index contributed by atoms with van der Waals surface area (Å²) in [5.74, 6) is 0. The van der Waals surface area contributed by atoms with Crippen LogP contribution in [-0.4, -0.2) is 52.3 Å². The number of amides is 3. The predicted molar refractivity (Wildman–Crippen MR) is 85.9 cm³/mol. The van der Waals surface area contributed by atoms with E-state index in [1.165, 1.54) is 11.0 Å². The van der Waals surface area contributed by atoms with Crippen molar-refractivity contribution in [3.63, 3.8) is 0 Å². The molecule has 1 aromatic heterocycles. The molecule has 0 bridgehead atoms. The highest BCUT2D eigenvalue weighted by molar-refractivity contribution is 5.94. The quantitative estimate of drug-likeness (QED) is 0.854. The Morgan fingerprint density at radius 3 is 2.42 bits per heavy atom. The summed E-state index contributed by atoms with van der Waals surface area (Å²) in [6.45, 7) is 0.876. The lowest BCUT2D eigenvalue weighted by molar-refractivity contribution is -0.141. The first kappa shape index (κ1) is 18.3. The topological polar surface area (TPSA) is 85.8 Å². The number of rotatable bonds is 3. The summed E-state index contributed by atoms with van der Waals surface area (Å²) in [5, 5.41) is 11.2. The van der Waals surface area contributed by atoms with Crippen molar-refractivity contribution in [1.29, 1.82) is 0 Å². The zero-order valence-corrected chi connectivity index (χ0v) is 13.9. The first-order valence-corrected chi connectivity index (χ1v) is 8.36. The van der Waals surface area contributed by atoms with Crippen LogP contribution in [0.3, 0.4) is 0 Å². The van der Waals surface area contributed by atoms with Crippen molar-refractivity contribution in [3.8, 4) is 0 Å². The van der Waals surface area contributed by atoms with Gasteiger partial charge in [0.05, 0.1) is 11.9 Å². The normalized spacial score (nSPS) is 24.0. The van der Waals surface area contributed by atoms with Gasteiger partial charge in [-0.1, -0.05) is 0 Å². The molecule has 142 valence electrons. The number of hydrogen-bond donors (Lipinski definition) is 2. The molecule has 0 unspecified atom stereocenters. The van der Waals surface area contributed by atoms with Crippen LogP contribution in [0.2, 0.25) is 0 Å². The maximum Gasteiger partial charge on any atom is 0.433 e. The summed E-state index contributed by atoms with van der Waals surface area (Å²) in [4.78, 5) is 29.9. The second-order valence-corrected chi connectivity index (χ2v) is 6.48. The van der Waals surface area contributed by atoms with E-state index < -0.39 is 18.0 Å². The zero-order valence-electron chi connectivity index (χ0n) is 13.9. The predicted octanol–water partition coefficient (Wildman–Crippen LogP) is 2.92. The third-order valence-corrected chi connectivity index (χ3v) is 4.86. The van der Waals surface area contributed by atoms with E-state index in [1.54, 1.807) is 4.90 Å². The molecule has 0 aromatic carbocycles.